The molecule has 3 aromatic carbocycles. The maximum Gasteiger partial charge on any atom is 0.260 e. The van der Waals surface area contributed by atoms with Gasteiger partial charge >= 0.3 is 0 Å². The van der Waals surface area contributed by atoms with Crippen molar-refractivity contribution in [1.29, 1.82) is 0 Å². The van der Waals surface area contributed by atoms with E-state index < -0.39 is 21.7 Å². The summed E-state index contributed by atoms with van der Waals surface area (Å²) in [6.07, 6.45) is 3.55. The number of carbonyl (C=O) groups is 2. The summed E-state index contributed by atoms with van der Waals surface area (Å²) in [5.74, 6) is -1.65. The molecule has 1 N–H and O–H groups in total. The monoisotopic (exact) mass is 407 g/mol. The number of hydrogen-bond acceptors (Lipinski definition) is 4. The highest BCUT2D eigenvalue weighted by Crippen LogP contribution is 2.29. The fourth-order valence-electron chi connectivity index (χ4n) is 3.06. The van der Waals surface area contributed by atoms with Crippen LogP contribution in [-0.2, 0) is 9.84 Å². The third-order valence-corrected chi connectivity index (χ3v) is 6.36. The highest BCUT2D eigenvalue weighted by atomic mass is 32.2. The van der Waals surface area contributed by atoms with Crippen molar-refractivity contribution in [3.05, 3.63) is 94.8 Å². The molecule has 0 bridgehead atoms. The summed E-state index contributed by atoms with van der Waals surface area (Å²) in [7, 11) is -3.99. The first-order valence-corrected chi connectivity index (χ1v) is 10.1. The number of sulfone groups is 1. The van der Waals surface area contributed by atoms with Gasteiger partial charge in [-0.15, -0.1) is 0 Å². The Morgan fingerprint density at radius 2 is 1.34 bits per heavy atom. The molecule has 29 heavy (non-hydrogen) atoms. The van der Waals surface area contributed by atoms with E-state index in [4.69, 9.17) is 0 Å². The maximum atomic E-state index is 13.0. The van der Waals surface area contributed by atoms with Crippen LogP contribution in [0.25, 0.3) is 12.2 Å². The molecule has 0 aromatic heterocycles. The zero-order valence-corrected chi connectivity index (χ0v) is 15.7. The summed E-state index contributed by atoms with van der Waals surface area (Å²) in [4.78, 5) is 23.6. The lowest BCUT2D eigenvalue weighted by Crippen LogP contribution is -2.20. The predicted molar refractivity (Wildman–Crippen MR) is 105 cm³/mol. The van der Waals surface area contributed by atoms with Crippen LogP contribution in [0.15, 0.2) is 76.5 Å². The fourth-order valence-corrected chi connectivity index (χ4v) is 4.54. The molecule has 144 valence electrons. The molecule has 0 saturated heterocycles. The Labute approximate surface area is 166 Å². The van der Waals surface area contributed by atoms with E-state index in [0.717, 1.165) is 11.1 Å². The molecule has 0 unspecified atom stereocenters. The van der Waals surface area contributed by atoms with E-state index in [9.17, 15) is 22.4 Å². The minimum atomic E-state index is -3.99. The molecule has 1 heterocycles. The highest BCUT2D eigenvalue weighted by molar-refractivity contribution is 7.91. The fraction of sp³-hybridized carbons (Fsp3) is 0. The average molecular weight is 407 g/mol. The Morgan fingerprint density at radius 1 is 0.759 bits per heavy atom. The molecular formula is C22H14FNO4S. The first-order chi connectivity index (χ1) is 13.9. The van der Waals surface area contributed by atoms with Crippen molar-refractivity contribution in [2.24, 2.45) is 0 Å². The van der Waals surface area contributed by atoms with Gasteiger partial charge in [-0.25, -0.2) is 12.8 Å². The molecule has 5 nitrogen and oxygen atoms in total. The van der Waals surface area contributed by atoms with Crippen LogP contribution in [0, 0.1) is 5.82 Å². The lowest BCUT2D eigenvalue weighted by Gasteiger charge is -2.08. The van der Waals surface area contributed by atoms with Crippen LogP contribution >= 0.6 is 0 Å². The van der Waals surface area contributed by atoms with Crippen molar-refractivity contribution in [2.45, 2.75) is 9.79 Å². The lowest BCUT2D eigenvalue weighted by molar-refractivity contribution is 0.0878. The number of amides is 2. The number of hydrogen-bond donors (Lipinski definition) is 1. The van der Waals surface area contributed by atoms with Gasteiger partial charge in [0, 0.05) is 0 Å². The maximum absolute atomic E-state index is 13.0. The summed E-state index contributed by atoms with van der Waals surface area (Å²) in [6.45, 7) is 0. The Hall–Kier alpha value is -3.58. The summed E-state index contributed by atoms with van der Waals surface area (Å²) >= 11 is 0. The van der Waals surface area contributed by atoms with Crippen LogP contribution in [-0.4, -0.2) is 20.2 Å². The summed E-state index contributed by atoms with van der Waals surface area (Å²) in [6, 6.07) is 16.3. The highest BCUT2D eigenvalue weighted by Gasteiger charge is 2.34. The van der Waals surface area contributed by atoms with E-state index in [1.54, 1.807) is 36.4 Å². The molecular weight excluding hydrogens is 393 g/mol. The molecule has 1 aliphatic rings. The van der Waals surface area contributed by atoms with Crippen LogP contribution in [0.1, 0.15) is 31.8 Å². The van der Waals surface area contributed by atoms with E-state index in [-0.39, 0.29) is 26.7 Å². The van der Waals surface area contributed by atoms with Crippen LogP contribution in [0.5, 0.6) is 0 Å². The molecule has 2 amide bonds. The SMILES string of the molecule is O=C1NC(=O)c2c1cccc2S(=O)(=O)c1ccc(/C=C/c2ccc(F)cc2)cc1. The van der Waals surface area contributed by atoms with Gasteiger partial charge in [0.1, 0.15) is 5.82 Å². The molecule has 1 aliphatic heterocycles. The second-order valence-corrected chi connectivity index (χ2v) is 8.34. The van der Waals surface area contributed by atoms with Crippen molar-refractivity contribution < 1.29 is 22.4 Å². The lowest BCUT2D eigenvalue weighted by atomic mass is 10.1. The van der Waals surface area contributed by atoms with Gasteiger partial charge in [-0.2, -0.15) is 0 Å². The van der Waals surface area contributed by atoms with Crippen molar-refractivity contribution in [2.75, 3.05) is 0 Å². The van der Waals surface area contributed by atoms with Crippen LogP contribution in [0.3, 0.4) is 0 Å². The second kappa shape index (κ2) is 7.10. The number of benzene rings is 3. The Balaban J connectivity index is 1.65. The number of rotatable bonds is 4. The predicted octanol–water partition coefficient (Wildman–Crippen LogP) is 3.71. The molecule has 3 aromatic rings. The first kappa shape index (κ1) is 18.8. The van der Waals surface area contributed by atoms with Gasteiger partial charge < -0.3 is 0 Å². The molecule has 4 rings (SSSR count). The van der Waals surface area contributed by atoms with E-state index in [0.29, 0.717) is 0 Å². The quantitative estimate of drug-likeness (QED) is 0.528. The van der Waals surface area contributed by atoms with E-state index in [1.165, 1.54) is 42.5 Å². The number of nitrogens with one attached hydrogen (secondary N) is 1. The Morgan fingerprint density at radius 3 is 1.97 bits per heavy atom. The average Bonchev–Trinajstić information content (AvgIpc) is 3.02. The largest absolute Gasteiger partial charge is 0.288 e. The molecule has 0 saturated carbocycles. The zero-order chi connectivity index (χ0) is 20.6. The topological polar surface area (TPSA) is 80.3 Å². The van der Waals surface area contributed by atoms with Gasteiger partial charge in [-0.3, -0.25) is 14.9 Å². The van der Waals surface area contributed by atoms with Crippen LogP contribution < -0.4 is 5.32 Å². The van der Waals surface area contributed by atoms with Gasteiger partial charge in [-0.05, 0) is 47.5 Å². The van der Waals surface area contributed by atoms with E-state index in [2.05, 4.69) is 5.32 Å². The van der Waals surface area contributed by atoms with Gasteiger partial charge in [0.25, 0.3) is 11.8 Å². The summed E-state index contributed by atoms with van der Waals surface area (Å²) in [5.41, 5.74) is 1.48. The van der Waals surface area contributed by atoms with Gasteiger partial charge in [-0.1, -0.05) is 42.5 Å². The van der Waals surface area contributed by atoms with Gasteiger partial charge in [0.05, 0.1) is 20.9 Å². The number of carbonyl (C=O) groups excluding carboxylic acids is 2. The number of fused-ring (bicyclic) bond motifs is 1. The van der Waals surface area contributed by atoms with Gasteiger partial charge in [0.15, 0.2) is 0 Å². The molecule has 7 heteroatoms. The van der Waals surface area contributed by atoms with Crippen LogP contribution in [0.4, 0.5) is 4.39 Å². The van der Waals surface area contributed by atoms with Crippen molar-refractivity contribution in [3.63, 3.8) is 0 Å². The molecule has 0 spiro atoms. The van der Waals surface area contributed by atoms with Gasteiger partial charge in [0.2, 0.25) is 9.84 Å². The van der Waals surface area contributed by atoms with Crippen molar-refractivity contribution in [1.82, 2.24) is 5.32 Å². The van der Waals surface area contributed by atoms with Crippen molar-refractivity contribution >= 4 is 33.8 Å². The van der Waals surface area contributed by atoms with Crippen molar-refractivity contribution in [3.8, 4) is 0 Å². The molecule has 0 atom stereocenters. The zero-order valence-electron chi connectivity index (χ0n) is 14.9. The van der Waals surface area contributed by atoms with E-state index in [1.807, 2.05) is 0 Å². The standard InChI is InChI=1S/C22H14FNO4S/c23-16-10-6-14(7-11-16)4-5-15-8-12-17(13-9-15)29(27,28)19-3-1-2-18-20(19)22(26)24-21(18)25/h1-13H,(H,24,25,26)/b5-4+. The third-order valence-electron chi connectivity index (χ3n) is 4.54. The minimum Gasteiger partial charge on any atom is -0.288 e. The molecule has 0 aliphatic carbocycles. The molecule has 0 fully saturated rings. The van der Waals surface area contributed by atoms with Crippen LogP contribution in [0.2, 0.25) is 0 Å². The number of halogens is 1. The van der Waals surface area contributed by atoms with E-state index >= 15 is 0 Å². The smallest absolute Gasteiger partial charge is 0.260 e. The molecule has 0 radical (unpaired) electrons. The summed E-state index contributed by atoms with van der Waals surface area (Å²) in [5, 5.41) is 2.12. The summed E-state index contributed by atoms with van der Waals surface area (Å²) < 4.78 is 39.0. The minimum absolute atomic E-state index is 0.0111. The normalized spacial score (nSPS) is 13.6. The third kappa shape index (κ3) is 3.48. The first-order valence-electron chi connectivity index (χ1n) is 8.64. The number of imide groups is 1. The Kier molecular flexibility index (Phi) is 4.60. The second-order valence-electron chi connectivity index (χ2n) is 6.42. The Bertz CT molecular complexity index is 1260.